The molecule has 0 atom stereocenters. The van der Waals surface area contributed by atoms with E-state index in [0.29, 0.717) is 44.7 Å². The van der Waals surface area contributed by atoms with Crippen LogP contribution in [-0.2, 0) is 26.8 Å². The molecule has 0 radical (unpaired) electrons. The van der Waals surface area contributed by atoms with E-state index in [1.54, 1.807) is 30.0 Å². The SMILES string of the molecule is CC(C)(CCl)c1nnc(NC(=O)C2CC2)s1.CC(C)Nc1nc(Cl)nc(NC2CC2)n1.CC(Cl)(Cl)C(=O)O.CN1CSC(=S)N(C)C1.C[n+]1ccc(-c2ccccc2)cc1.O=C(Nc1ccc(Cl)c(Cl)c1)C1CC1. The summed E-state index contributed by atoms with van der Waals surface area (Å²) in [6, 6.07) is 20.5. The second kappa shape index (κ2) is 30.2. The number of halogens is 6. The summed E-state index contributed by atoms with van der Waals surface area (Å²) in [7, 11) is 6.13. The number of amides is 2. The first-order chi connectivity index (χ1) is 34.8. The molecule has 2 amide bonds. The van der Waals surface area contributed by atoms with E-state index in [1.165, 1.54) is 42.2 Å². The molecule has 1 saturated heterocycles. The molecule has 74 heavy (non-hydrogen) atoms. The van der Waals surface area contributed by atoms with Gasteiger partial charge in [-0.3, -0.25) is 14.5 Å². The lowest BCUT2D eigenvalue weighted by atomic mass is 9.98. The molecule has 4 fully saturated rings. The molecule has 0 unspecified atom stereocenters. The van der Waals surface area contributed by atoms with Crippen LogP contribution in [0.4, 0.5) is 22.7 Å². The number of aromatic nitrogens is 6. The molecule has 0 spiro atoms. The molecule has 16 nitrogen and oxygen atoms in total. The van der Waals surface area contributed by atoms with E-state index in [-0.39, 0.29) is 40.4 Å². The van der Waals surface area contributed by atoms with Crippen LogP contribution < -0.4 is 25.8 Å². The number of nitrogens with one attached hydrogen (secondary N) is 4. The Bertz CT molecular complexity index is 2580. The Morgan fingerprint density at radius 3 is 1.89 bits per heavy atom. The summed E-state index contributed by atoms with van der Waals surface area (Å²) in [5.74, 6) is 1.89. The standard InChI is InChI=1S/C12H12N.C10H9Cl2NO.C10H14ClN3OS.C9H14ClN5.C5H10N2S2.C3H4Cl2O2/c1-13-9-7-12(8-10-13)11-5-3-2-4-6-11;11-8-4-3-7(5-9(8)12)13-10(14)6-1-2-6;1-10(2,5-11)8-13-14-9(16-8)12-7(15)6-3-4-6;1-5(2)11-8-13-7(10)14-9(15-8)12-6-3-4-6;1-6-3-7(2)5(8)9-4-6;1-3(4,5)2(6)7/h2-10H,1H3;3-6H,1-2H2,(H,13,14);6H,3-5H2,1-2H3,(H,12,14,15);5-6H,3-4H2,1-2H3,(H2,11,12,13,14,15);3-4H2,1-2H3;1H3,(H,6,7)/q+1;;;;;. The van der Waals surface area contributed by atoms with Crippen molar-refractivity contribution in [2.75, 3.05) is 53.8 Å². The van der Waals surface area contributed by atoms with Crippen LogP contribution in [0.15, 0.2) is 73.1 Å². The zero-order valence-electron chi connectivity index (χ0n) is 42.3. The molecule has 3 saturated carbocycles. The van der Waals surface area contributed by atoms with E-state index in [4.69, 9.17) is 86.9 Å². The first kappa shape index (κ1) is 62.6. The summed E-state index contributed by atoms with van der Waals surface area (Å²) in [5.41, 5.74) is 3.04. The van der Waals surface area contributed by atoms with Gasteiger partial charge in [0.1, 0.15) is 16.4 Å². The monoisotopic (exact) mass is 1190 g/mol. The highest BCUT2D eigenvalue weighted by Crippen LogP contribution is 2.34. The van der Waals surface area contributed by atoms with Crippen molar-refractivity contribution in [3.63, 3.8) is 0 Å². The maximum Gasteiger partial charge on any atom is 0.339 e. The molecule has 3 aliphatic carbocycles. The minimum absolute atomic E-state index is 0.0615. The highest BCUT2D eigenvalue weighted by Gasteiger charge is 2.32. The van der Waals surface area contributed by atoms with Gasteiger partial charge in [-0.25, -0.2) is 9.36 Å². The lowest BCUT2D eigenvalue weighted by molar-refractivity contribution is -0.671. The lowest BCUT2D eigenvalue weighted by Crippen LogP contribution is -2.40. The second-order valence-corrected chi connectivity index (χ2v) is 24.3. The number of pyridine rings is 1. The number of benzene rings is 2. The summed E-state index contributed by atoms with van der Waals surface area (Å²) in [5, 5.41) is 30.5. The van der Waals surface area contributed by atoms with Gasteiger partial charge in [0, 0.05) is 60.1 Å². The van der Waals surface area contributed by atoms with E-state index in [2.05, 4.69) is 112 Å². The summed E-state index contributed by atoms with van der Waals surface area (Å²) < 4.78 is 1.40. The molecule has 5 N–H and O–H groups in total. The molecule has 4 heterocycles. The number of hydrogen-bond donors (Lipinski definition) is 5. The molecule has 0 bridgehead atoms. The van der Waals surface area contributed by atoms with E-state index < -0.39 is 10.3 Å². The third-order valence-electron chi connectivity index (χ3n) is 10.2. The smallest absolute Gasteiger partial charge is 0.339 e. The molecule has 25 heteroatoms. The van der Waals surface area contributed by atoms with Gasteiger partial charge in [0.2, 0.25) is 38.5 Å². The van der Waals surface area contributed by atoms with Crippen LogP contribution in [0.1, 0.15) is 78.2 Å². The van der Waals surface area contributed by atoms with Crippen molar-refractivity contribution in [2.24, 2.45) is 18.9 Å². The number of alkyl halides is 3. The fourth-order valence-corrected chi connectivity index (χ4v) is 7.95. The van der Waals surface area contributed by atoms with Crippen molar-refractivity contribution in [1.29, 1.82) is 0 Å². The number of carboxylic acid groups (broad SMARTS) is 1. The quantitative estimate of drug-likeness (QED) is 0.0449. The van der Waals surface area contributed by atoms with Crippen LogP contribution in [0.5, 0.6) is 0 Å². The Morgan fingerprint density at radius 1 is 0.824 bits per heavy atom. The maximum atomic E-state index is 11.5. The molecule has 402 valence electrons. The number of carboxylic acids is 1. The average Bonchev–Trinajstić information content (AvgIpc) is 4.21. The molecule has 5 aromatic rings. The minimum Gasteiger partial charge on any atom is -0.479 e. The van der Waals surface area contributed by atoms with Crippen molar-refractivity contribution in [3.05, 3.63) is 93.4 Å². The van der Waals surface area contributed by atoms with Crippen LogP contribution in [0.3, 0.4) is 0 Å². The number of carbonyl (C=O) groups is 3. The number of thioether (sulfide) groups is 1. The van der Waals surface area contributed by atoms with Gasteiger partial charge in [0.05, 0.1) is 22.6 Å². The highest BCUT2D eigenvalue weighted by molar-refractivity contribution is 8.22. The highest BCUT2D eigenvalue weighted by atomic mass is 35.5. The van der Waals surface area contributed by atoms with Crippen molar-refractivity contribution in [3.8, 4) is 11.1 Å². The Labute approximate surface area is 477 Å². The minimum atomic E-state index is -1.64. The first-order valence-electron chi connectivity index (χ1n) is 23.4. The van der Waals surface area contributed by atoms with E-state index >= 15 is 0 Å². The molecule has 4 aliphatic rings. The van der Waals surface area contributed by atoms with E-state index in [9.17, 15) is 14.4 Å². The van der Waals surface area contributed by atoms with Crippen LogP contribution in [0, 0.1) is 11.8 Å². The Morgan fingerprint density at radius 2 is 1.39 bits per heavy atom. The molecular weight excluding hydrogens is 1130 g/mol. The largest absolute Gasteiger partial charge is 0.479 e. The number of nitrogens with zero attached hydrogens (tertiary/aromatic N) is 8. The molecule has 3 aromatic heterocycles. The second-order valence-electron chi connectivity index (χ2n) is 18.6. The third-order valence-corrected chi connectivity index (χ3v) is 15.1. The Kier molecular flexibility index (Phi) is 25.5. The van der Waals surface area contributed by atoms with Crippen molar-refractivity contribution in [2.45, 2.75) is 95.0 Å². The number of aryl methyl sites for hydroxylation is 1. The number of anilines is 4. The summed E-state index contributed by atoms with van der Waals surface area (Å²) >= 11 is 41.4. The molecular formula is C49H63Cl6N12O4S3+. The predicted molar refractivity (Wildman–Crippen MR) is 309 cm³/mol. The normalized spacial score (nSPS) is 15.1. The van der Waals surface area contributed by atoms with Crippen molar-refractivity contribution in [1.82, 2.24) is 34.9 Å². The number of aliphatic carboxylic acids is 1. The number of rotatable bonds is 12. The maximum absolute atomic E-state index is 11.5. The van der Waals surface area contributed by atoms with Gasteiger partial charge in [0.15, 0.2) is 12.4 Å². The lowest BCUT2D eigenvalue weighted by Gasteiger charge is -2.31. The Balaban J connectivity index is 0.000000196. The van der Waals surface area contributed by atoms with Crippen LogP contribution in [-0.4, -0.2) is 111 Å². The van der Waals surface area contributed by atoms with Gasteiger partial charge >= 0.3 is 5.97 Å². The summed E-state index contributed by atoms with van der Waals surface area (Å²) in [6.07, 6.45) is 10.4. The zero-order valence-corrected chi connectivity index (χ0v) is 49.3. The summed E-state index contributed by atoms with van der Waals surface area (Å²) in [4.78, 5) is 49.2. The van der Waals surface area contributed by atoms with Crippen molar-refractivity contribution < 1.29 is 24.1 Å². The topological polar surface area (TPSA) is 194 Å². The number of carbonyl (C=O) groups excluding carboxylic acids is 2. The van der Waals surface area contributed by atoms with Gasteiger partial charge in [-0.1, -0.05) is 126 Å². The Hall–Kier alpha value is -3.89. The first-order valence-corrected chi connectivity index (χ1v) is 28.1. The van der Waals surface area contributed by atoms with Crippen LogP contribution in [0.2, 0.25) is 15.3 Å². The van der Waals surface area contributed by atoms with Gasteiger partial charge in [-0.15, -0.1) is 21.8 Å². The predicted octanol–water partition coefficient (Wildman–Crippen LogP) is 11.9. The molecule has 1 aliphatic heterocycles. The number of thiocarbonyl (C=S) groups is 1. The van der Waals surface area contributed by atoms with Gasteiger partial charge in [-0.05, 0) is 107 Å². The van der Waals surface area contributed by atoms with Gasteiger partial charge in [0.25, 0.3) is 0 Å². The number of hydrogen-bond acceptors (Lipinski definition) is 14. The van der Waals surface area contributed by atoms with E-state index in [1.807, 2.05) is 52.4 Å². The third kappa shape index (κ3) is 24.0. The van der Waals surface area contributed by atoms with Gasteiger partial charge < -0.3 is 31.3 Å². The summed E-state index contributed by atoms with van der Waals surface area (Å²) in [6.45, 7) is 10.2. The molecule has 9 rings (SSSR count). The van der Waals surface area contributed by atoms with Crippen molar-refractivity contribution >= 4 is 150 Å². The van der Waals surface area contributed by atoms with Crippen LogP contribution >= 0.6 is 105 Å². The fourth-order valence-electron chi connectivity index (χ4n) is 5.53. The van der Waals surface area contributed by atoms with E-state index in [0.717, 1.165) is 47.6 Å². The van der Waals surface area contributed by atoms with Crippen LogP contribution in [0.25, 0.3) is 11.1 Å². The molecule has 2 aromatic carbocycles. The van der Waals surface area contributed by atoms with Gasteiger partial charge in [-0.2, -0.15) is 15.0 Å². The fraction of sp³-hybridized carbons (Fsp3) is 0.469. The average molecular weight is 1190 g/mol. The zero-order chi connectivity index (χ0) is 54.8.